The molecule has 0 aromatic carbocycles. The van der Waals surface area contributed by atoms with Crippen LogP contribution in [0.15, 0.2) is 0 Å². The molecule has 4 aliphatic carbocycles. The maximum Gasteiger partial charge on any atom is 0.163 e. The van der Waals surface area contributed by atoms with Gasteiger partial charge >= 0.3 is 0 Å². The topological polar surface area (TPSA) is 78.5 Å². The second-order valence-corrected chi connectivity index (χ2v) is 7.17. The number of nitriles is 1. The molecule has 1 aromatic heterocycles. The lowest BCUT2D eigenvalue weighted by molar-refractivity contribution is -0.0526. The van der Waals surface area contributed by atoms with Crippen molar-refractivity contribution in [2.24, 2.45) is 23.2 Å². The minimum Gasteiger partial charge on any atom is -0.381 e. The zero-order chi connectivity index (χ0) is 13.0. The van der Waals surface area contributed by atoms with E-state index in [0.717, 1.165) is 29.9 Å². The Morgan fingerprint density at radius 2 is 1.79 bits per heavy atom. The summed E-state index contributed by atoms with van der Waals surface area (Å²) in [6.07, 6.45) is 9.39. The quantitative estimate of drug-likeness (QED) is 0.853. The highest BCUT2D eigenvalue weighted by molar-refractivity contribution is 5.51. The number of nitrogens with one attached hydrogen (secondary N) is 1. The third kappa shape index (κ3) is 1.68. The molecule has 4 bridgehead atoms. The Morgan fingerprint density at radius 3 is 2.32 bits per heavy atom. The highest BCUT2D eigenvalue weighted by atomic mass is 15.2. The maximum absolute atomic E-state index is 9.21. The van der Waals surface area contributed by atoms with Gasteiger partial charge in [-0.3, -0.25) is 5.10 Å². The van der Waals surface area contributed by atoms with Crippen LogP contribution in [-0.2, 0) is 6.42 Å². The summed E-state index contributed by atoms with van der Waals surface area (Å²) in [6.45, 7) is 0. The van der Waals surface area contributed by atoms with E-state index in [1.807, 2.05) is 0 Å². The maximum atomic E-state index is 9.21. The summed E-state index contributed by atoms with van der Waals surface area (Å²) in [5, 5.41) is 16.2. The Balaban J connectivity index is 1.64. The fourth-order valence-corrected chi connectivity index (χ4v) is 5.53. The molecule has 0 saturated heterocycles. The van der Waals surface area contributed by atoms with E-state index in [9.17, 15) is 5.26 Å². The van der Waals surface area contributed by atoms with E-state index in [4.69, 9.17) is 5.73 Å². The third-order valence-corrected chi connectivity index (χ3v) is 5.70. The molecule has 1 heterocycles. The van der Waals surface area contributed by atoms with Crippen LogP contribution in [0.1, 0.15) is 49.8 Å². The van der Waals surface area contributed by atoms with Crippen LogP contribution in [0.5, 0.6) is 0 Å². The fraction of sp³-hybridized carbons (Fsp3) is 0.733. The number of aromatic nitrogens is 2. The van der Waals surface area contributed by atoms with Gasteiger partial charge < -0.3 is 5.73 Å². The molecule has 0 aliphatic heterocycles. The minimum absolute atomic E-state index is 0.363. The predicted molar refractivity (Wildman–Crippen MR) is 72.0 cm³/mol. The summed E-state index contributed by atoms with van der Waals surface area (Å²) in [5.41, 5.74) is 7.74. The van der Waals surface area contributed by atoms with Gasteiger partial charge in [-0.25, -0.2) is 0 Å². The van der Waals surface area contributed by atoms with E-state index >= 15 is 0 Å². The molecule has 4 fully saturated rings. The van der Waals surface area contributed by atoms with E-state index < -0.39 is 0 Å². The number of hydrogen-bond donors (Lipinski definition) is 2. The van der Waals surface area contributed by atoms with Crippen molar-refractivity contribution in [3.05, 3.63) is 11.3 Å². The van der Waals surface area contributed by atoms with Crippen molar-refractivity contribution in [1.82, 2.24) is 10.2 Å². The highest BCUT2D eigenvalue weighted by Gasteiger charge is 2.51. The lowest BCUT2D eigenvalue weighted by atomic mass is 9.48. The summed E-state index contributed by atoms with van der Waals surface area (Å²) in [4.78, 5) is 0. The van der Waals surface area contributed by atoms with Crippen molar-refractivity contribution in [2.75, 3.05) is 5.73 Å². The molecule has 1 aromatic rings. The summed E-state index contributed by atoms with van der Waals surface area (Å²) in [6, 6.07) is 2.21. The Hall–Kier alpha value is -1.50. The van der Waals surface area contributed by atoms with E-state index in [1.54, 1.807) is 0 Å². The second kappa shape index (κ2) is 3.75. The van der Waals surface area contributed by atoms with Gasteiger partial charge in [0.05, 0.1) is 5.69 Å². The fourth-order valence-electron chi connectivity index (χ4n) is 5.53. The minimum atomic E-state index is 0.363. The number of aromatic amines is 1. The lowest BCUT2D eigenvalue weighted by Crippen LogP contribution is -2.47. The molecule has 3 N–H and O–H groups in total. The average molecular weight is 256 g/mol. The van der Waals surface area contributed by atoms with Gasteiger partial charge in [0.1, 0.15) is 11.6 Å². The standard InChI is InChI=1S/C15H20N4/c16-8-12-13(18-19-14(12)17)7-15-4-9-1-10(5-15)3-11(2-9)6-15/h9-11H,1-7H2,(H3,17,18,19). The molecule has 0 atom stereocenters. The van der Waals surface area contributed by atoms with Gasteiger partial charge in [-0.1, -0.05) is 0 Å². The van der Waals surface area contributed by atoms with Gasteiger partial charge in [0.15, 0.2) is 5.82 Å². The first-order valence-corrected chi connectivity index (χ1v) is 7.40. The predicted octanol–water partition coefficient (Wildman–Crippen LogP) is 2.62. The van der Waals surface area contributed by atoms with Crippen LogP contribution >= 0.6 is 0 Å². The molecular weight excluding hydrogens is 236 g/mol. The molecule has 0 radical (unpaired) electrons. The van der Waals surface area contributed by atoms with Crippen LogP contribution < -0.4 is 5.73 Å². The summed E-state index contributed by atoms with van der Waals surface area (Å²) in [7, 11) is 0. The Morgan fingerprint density at radius 1 is 1.21 bits per heavy atom. The van der Waals surface area contributed by atoms with Crippen LogP contribution in [0, 0.1) is 34.5 Å². The first-order valence-electron chi connectivity index (χ1n) is 7.40. The molecule has 5 rings (SSSR count). The first-order chi connectivity index (χ1) is 9.17. The Kier molecular flexibility index (Phi) is 2.24. The smallest absolute Gasteiger partial charge is 0.163 e. The van der Waals surface area contributed by atoms with Crippen LogP contribution in [0.2, 0.25) is 0 Å². The van der Waals surface area contributed by atoms with E-state index in [0.29, 0.717) is 16.8 Å². The van der Waals surface area contributed by atoms with Gasteiger partial charge in [0.2, 0.25) is 0 Å². The van der Waals surface area contributed by atoms with Gasteiger partial charge in [0, 0.05) is 0 Å². The highest BCUT2D eigenvalue weighted by Crippen LogP contribution is 2.61. The Bertz CT molecular complexity index is 516. The van der Waals surface area contributed by atoms with Crippen molar-refractivity contribution in [3.8, 4) is 6.07 Å². The molecule has 4 heteroatoms. The molecule has 0 amide bonds. The van der Waals surface area contributed by atoms with E-state index in [-0.39, 0.29) is 0 Å². The van der Waals surface area contributed by atoms with Crippen molar-refractivity contribution in [2.45, 2.75) is 44.9 Å². The molecule has 0 spiro atoms. The molecule has 4 saturated carbocycles. The van der Waals surface area contributed by atoms with Crippen molar-refractivity contribution in [3.63, 3.8) is 0 Å². The first kappa shape index (κ1) is 11.3. The summed E-state index contributed by atoms with van der Waals surface area (Å²) >= 11 is 0. The molecule has 0 unspecified atom stereocenters. The molecule has 100 valence electrons. The number of H-pyrrole nitrogens is 1. The largest absolute Gasteiger partial charge is 0.381 e. The number of nitrogens with two attached hydrogens (primary N) is 1. The zero-order valence-corrected chi connectivity index (χ0v) is 11.2. The molecule has 19 heavy (non-hydrogen) atoms. The van der Waals surface area contributed by atoms with E-state index in [1.165, 1.54) is 38.5 Å². The summed E-state index contributed by atoms with van der Waals surface area (Å²) < 4.78 is 0. The Labute approximate surface area is 113 Å². The van der Waals surface area contributed by atoms with Crippen LogP contribution in [0.25, 0.3) is 0 Å². The van der Waals surface area contributed by atoms with Gasteiger partial charge in [-0.15, -0.1) is 0 Å². The van der Waals surface area contributed by atoms with Gasteiger partial charge in [-0.05, 0) is 68.1 Å². The van der Waals surface area contributed by atoms with Crippen LogP contribution in [0.4, 0.5) is 5.82 Å². The zero-order valence-electron chi connectivity index (χ0n) is 11.2. The number of rotatable bonds is 2. The van der Waals surface area contributed by atoms with Crippen molar-refractivity contribution >= 4 is 5.82 Å². The van der Waals surface area contributed by atoms with Gasteiger partial charge in [-0.2, -0.15) is 10.4 Å². The monoisotopic (exact) mass is 256 g/mol. The average Bonchev–Trinajstić information content (AvgIpc) is 2.67. The molecule has 4 aliphatic rings. The SMILES string of the molecule is N#Cc1c(N)n[nH]c1CC12CC3CC(CC(C3)C1)C2. The third-order valence-electron chi connectivity index (χ3n) is 5.70. The van der Waals surface area contributed by atoms with Crippen LogP contribution in [-0.4, -0.2) is 10.2 Å². The van der Waals surface area contributed by atoms with E-state index in [2.05, 4.69) is 16.3 Å². The second-order valence-electron chi connectivity index (χ2n) is 7.17. The molecule has 4 nitrogen and oxygen atoms in total. The van der Waals surface area contributed by atoms with Crippen LogP contribution in [0.3, 0.4) is 0 Å². The van der Waals surface area contributed by atoms with Gasteiger partial charge in [0.25, 0.3) is 0 Å². The van der Waals surface area contributed by atoms with Crippen molar-refractivity contribution < 1.29 is 0 Å². The summed E-state index contributed by atoms with van der Waals surface area (Å²) in [5.74, 6) is 3.19. The molecular formula is C15H20N4. The number of hydrogen-bond acceptors (Lipinski definition) is 3. The lowest BCUT2D eigenvalue weighted by Gasteiger charge is -2.57. The normalized spacial score (nSPS) is 39.4. The number of nitrogens with zero attached hydrogens (tertiary/aromatic N) is 2. The van der Waals surface area contributed by atoms with Crippen molar-refractivity contribution in [1.29, 1.82) is 5.26 Å². The number of anilines is 1. The number of nitrogen functional groups attached to an aromatic ring is 1.